The molecule has 0 fully saturated rings. The number of benzene rings is 2. The lowest BCUT2D eigenvalue weighted by Crippen LogP contribution is -2.42. The van der Waals surface area contributed by atoms with Crippen LogP contribution in [-0.2, 0) is 9.84 Å². The van der Waals surface area contributed by atoms with Crippen LogP contribution in [0.2, 0.25) is 0 Å². The summed E-state index contributed by atoms with van der Waals surface area (Å²) in [5.74, 6) is -1.71. The Morgan fingerprint density at radius 3 is 2.37 bits per heavy atom. The number of nitrogens with one attached hydrogen (secondary N) is 2. The van der Waals surface area contributed by atoms with E-state index in [0.29, 0.717) is 6.42 Å². The number of non-ortho nitro benzene ring substituents is 1. The monoisotopic (exact) mass is 391 g/mol. The third kappa shape index (κ3) is 4.88. The number of nitrogens with zero attached hydrogens (tertiary/aromatic N) is 1. The fourth-order valence-corrected chi connectivity index (χ4v) is 3.86. The Balaban J connectivity index is 2.16. The minimum atomic E-state index is -3.64. The second-order valence-electron chi connectivity index (χ2n) is 5.53. The number of hydrazine groups is 1. The number of rotatable bonds is 6. The molecule has 0 aliphatic carbocycles. The van der Waals surface area contributed by atoms with Crippen LogP contribution in [0.5, 0.6) is 0 Å². The van der Waals surface area contributed by atoms with Gasteiger partial charge in [-0.25, -0.2) is 8.42 Å². The Hall–Kier alpha value is -3.27. The van der Waals surface area contributed by atoms with Crippen molar-refractivity contribution in [3.63, 3.8) is 0 Å². The molecule has 0 aliphatic rings. The molecule has 0 spiro atoms. The number of carbonyl (C=O) groups is 2. The van der Waals surface area contributed by atoms with Crippen molar-refractivity contribution in [2.45, 2.75) is 18.2 Å². The van der Waals surface area contributed by atoms with Crippen molar-refractivity contribution in [2.24, 2.45) is 0 Å². The van der Waals surface area contributed by atoms with Crippen molar-refractivity contribution >= 4 is 27.3 Å². The summed E-state index contributed by atoms with van der Waals surface area (Å²) < 4.78 is 24.6. The van der Waals surface area contributed by atoms with Gasteiger partial charge in [0, 0.05) is 17.7 Å². The minimum Gasteiger partial charge on any atom is -0.267 e. The summed E-state index contributed by atoms with van der Waals surface area (Å²) in [4.78, 5) is 34.4. The van der Waals surface area contributed by atoms with Gasteiger partial charge >= 0.3 is 0 Å². The summed E-state index contributed by atoms with van der Waals surface area (Å²) in [6.07, 6.45) is 0.391. The first-order chi connectivity index (χ1) is 12.8. The van der Waals surface area contributed by atoms with Gasteiger partial charge in [-0.1, -0.05) is 25.1 Å². The van der Waals surface area contributed by atoms with Crippen LogP contribution >= 0.6 is 0 Å². The van der Waals surface area contributed by atoms with Gasteiger partial charge in [0.15, 0.2) is 9.84 Å². The predicted molar refractivity (Wildman–Crippen MR) is 96.8 cm³/mol. The van der Waals surface area contributed by atoms with E-state index < -0.39 is 26.6 Å². The maximum Gasteiger partial charge on any atom is 0.271 e. The normalized spacial score (nSPS) is 10.9. The summed E-state index contributed by atoms with van der Waals surface area (Å²) >= 11 is 0. The summed E-state index contributed by atoms with van der Waals surface area (Å²) in [5.41, 5.74) is 3.84. The molecule has 0 unspecified atom stereocenters. The molecule has 2 N–H and O–H groups in total. The van der Waals surface area contributed by atoms with Gasteiger partial charge < -0.3 is 0 Å². The Kier molecular flexibility index (Phi) is 6.24. The standard InChI is InChI=1S/C17H17N3O6S/c1-2-10-27(25,26)15-9-4-3-8-14(15)17(22)19-18-16(21)12-6-5-7-13(11-12)20(23)24/h3-9,11H,2,10H2,1H3,(H,18,21)(H,19,22). The van der Waals surface area contributed by atoms with Crippen LogP contribution in [0.25, 0.3) is 0 Å². The molecular weight excluding hydrogens is 374 g/mol. The van der Waals surface area contributed by atoms with E-state index in [1.807, 2.05) is 0 Å². The van der Waals surface area contributed by atoms with Gasteiger partial charge in [-0.05, 0) is 24.6 Å². The second kappa shape index (κ2) is 8.41. The molecule has 2 aromatic carbocycles. The molecule has 0 aliphatic heterocycles. The molecule has 2 aromatic rings. The highest BCUT2D eigenvalue weighted by Gasteiger charge is 2.22. The number of hydrogen-bond donors (Lipinski definition) is 2. The van der Waals surface area contributed by atoms with Crippen molar-refractivity contribution < 1.29 is 22.9 Å². The van der Waals surface area contributed by atoms with Crippen molar-refractivity contribution in [3.05, 3.63) is 69.8 Å². The third-order valence-electron chi connectivity index (χ3n) is 3.55. The largest absolute Gasteiger partial charge is 0.271 e. The van der Waals surface area contributed by atoms with Crippen molar-refractivity contribution in [2.75, 3.05) is 5.75 Å². The molecule has 0 saturated heterocycles. The molecule has 2 rings (SSSR count). The van der Waals surface area contributed by atoms with E-state index in [0.717, 1.165) is 6.07 Å². The average molecular weight is 391 g/mol. The van der Waals surface area contributed by atoms with Crippen molar-refractivity contribution in [3.8, 4) is 0 Å². The molecule has 10 heteroatoms. The molecule has 142 valence electrons. The smallest absolute Gasteiger partial charge is 0.267 e. The summed E-state index contributed by atoms with van der Waals surface area (Å²) in [5, 5.41) is 10.8. The van der Waals surface area contributed by atoms with Gasteiger partial charge in [0.25, 0.3) is 17.5 Å². The van der Waals surface area contributed by atoms with Crippen molar-refractivity contribution in [1.29, 1.82) is 0 Å². The highest BCUT2D eigenvalue weighted by Crippen LogP contribution is 2.18. The van der Waals surface area contributed by atoms with Crippen LogP contribution in [-0.4, -0.2) is 30.9 Å². The van der Waals surface area contributed by atoms with Gasteiger partial charge in [-0.3, -0.25) is 30.6 Å². The molecule has 2 amide bonds. The Morgan fingerprint density at radius 1 is 1.04 bits per heavy atom. The Bertz CT molecular complexity index is 988. The molecule has 0 bridgehead atoms. The summed E-state index contributed by atoms with van der Waals surface area (Å²) in [6.45, 7) is 1.71. The van der Waals surface area contributed by atoms with E-state index in [-0.39, 0.29) is 27.5 Å². The highest BCUT2D eigenvalue weighted by atomic mass is 32.2. The van der Waals surface area contributed by atoms with Crippen LogP contribution in [0.3, 0.4) is 0 Å². The Labute approximate surface area is 155 Å². The quantitative estimate of drug-likeness (QED) is 0.570. The second-order valence-corrected chi connectivity index (χ2v) is 7.61. The number of nitro groups is 1. The van der Waals surface area contributed by atoms with Crippen LogP contribution in [0.4, 0.5) is 5.69 Å². The third-order valence-corrected chi connectivity index (χ3v) is 5.52. The lowest BCUT2D eigenvalue weighted by Gasteiger charge is -2.11. The maximum atomic E-state index is 12.3. The van der Waals surface area contributed by atoms with Gasteiger partial charge in [-0.2, -0.15) is 0 Å². The number of amides is 2. The lowest BCUT2D eigenvalue weighted by atomic mass is 10.2. The SMILES string of the molecule is CCCS(=O)(=O)c1ccccc1C(=O)NNC(=O)c1cccc([N+](=O)[O-])c1. The van der Waals surface area contributed by atoms with Gasteiger partial charge in [0.1, 0.15) is 0 Å². The summed E-state index contributed by atoms with van der Waals surface area (Å²) in [7, 11) is -3.64. The van der Waals surface area contributed by atoms with E-state index >= 15 is 0 Å². The van der Waals surface area contributed by atoms with Crippen LogP contribution < -0.4 is 10.9 Å². The summed E-state index contributed by atoms with van der Waals surface area (Å²) in [6, 6.07) is 10.6. The number of hydrogen-bond acceptors (Lipinski definition) is 6. The number of carbonyl (C=O) groups excluding carboxylic acids is 2. The molecule has 0 radical (unpaired) electrons. The maximum absolute atomic E-state index is 12.3. The van der Waals surface area contributed by atoms with Crippen LogP contribution in [0.1, 0.15) is 34.1 Å². The van der Waals surface area contributed by atoms with Crippen molar-refractivity contribution in [1.82, 2.24) is 10.9 Å². The zero-order valence-electron chi connectivity index (χ0n) is 14.3. The molecule has 0 heterocycles. The number of sulfone groups is 1. The van der Waals surface area contributed by atoms with E-state index in [9.17, 15) is 28.1 Å². The predicted octanol–water partition coefficient (Wildman–Crippen LogP) is 1.85. The first-order valence-corrected chi connectivity index (χ1v) is 9.58. The molecule has 0 aromatic heterocycles. The zero-order valence-corrected chi connectivity index (χ0v) is 15.2. The molecule has 9 nitrogen and oxygen atoms in total. The van der Waals surface area contributed by atoms with E-state index in [4.69, 9.17) is 0 Å². The van der Waals surface area contributed by atoms with E-state index in [2.05, 4.69) is 10.9 Å². The topological polar surface area (TPSA) is 135 Å². The molecular formula is C17H17N3O6S. The van der Waals surface area contributed by atoms with E-state index in [1.54, 1.807) is 6.92 Å². The van der Waals surface area contributed by atoms with Gasteiger partial charge in [-0.15, -0.1) is 0 Å². The first kappa shape index (κ1) is 20.0. The highest BCUT2D eigenvalue weighted by molar-refractivity contribution is 7.91. The average Bonchev–Trinajstić information content (AvgIpc) is 2.65. The fraction of sp³-hybridized carbons (Fsp3) is 0.176. The minimum absolute atomic E-state index is 0.0311. The Morgan fingerprint density at radius 2 is 1.70 bits per heavy atom. The first-order valence-electron chi connectivity index (χ1n) is 7.93. The number of nitro benzene ring substituents is 1. The van der Waals surface area contributed by atoms with Crippen LogP contribution in [0.15, 0.2) is 53.4 Å². The molecule has 27 heavy (non-hydrogen) atoms. The zero-order chi connectivity index (χ0) is 20.0. The lowest BCUT2D eigenvalue weighted by molar-refractivity contribution is -0.384. The molecule has 0 atom stereocenters. The van der Waals surface area contributed by atoms with Gasteiger partial charge in [0.05, 0.1) is 21.1 Å². The van der Waals surface area contributed by atoms with Crippen LogP contribution in [0, 0.1) is 10.1 Å². The van der Waals surface area contributed by atoms with E-state index in [1.165, 1.54) is 42.5 Å². The van der Waals surface area contributed by atoms with Gasteiger partial charge in [0.2, 0.25) is 0 Å². The fourth-order valence-electron chi connectivity index (χ4n) is 2.32. The molecule has 0 saturated carbocycles.